The van der Waals surface area contributed by atoms with Gasteiger partial charge in [0.15, 0.2) is 0 Å². The molecule has 0 bridgehead atoms. The molecule has 0 spiro atoms. The second-order valence-electron chi connectivity index (χ2n) is 6.25. The van der Waals surface area contributed by atoms with Gasteiger partial charge in [-0.3, -0.25) is 4.79 Å². The smallest absolute Gasteiger partial charge is 0.314 e. The normalized spacial score (nSPS) is 19.4. The number of hydrogen-bond acceptors (Lipinski definition) is 1. The van der Waals surface area contributed by atoms with Crippen molar-refractivity contribution in [3.05, 3.63) is 35.6 Å². The van der Waals surface area contributed by atoms with E-state index in [-0.39, 0.29) is 11.2 Å². The maximum absolute atomic E-state index is 13.0. The fraction of sp³-hybridized carbons (Fsp3) is 0.588. The molecule has 1 aromatic carbocycles. The van der Waals surface area contributed by atoms with Gasteiger partial charge < -0.3 is 5.11 Å². The van der Waals surface area contributed by atoms with Gasteiger partial charge >= 0.3 is 5.97 Å². The van der Waals surface area contributed by atoms with Crippen molar-refractivity contribution in [3.63, 3.8) is 0 Å². The van der Waals surface area contributed by atoms with Crippen LogP contribution in [0.3, 0.4) is 0 Å². The highest BCUT2D eigenvalue weighted by molar-refractivity contribution is 5.83. The Morgan fingerprint density at radius 2 is 1.65 bits per heavy atom. The van der Waals surface area contributed by atoms with E-state index in [1.54, 1.807) is 12.1 Å². The lowest BCUT2D eigenvalue weighted by Crippen LogP contribution is -2.54. The van der Waals surface area contributed by atoms with Crippen LogP contribution in [0.4, 0.5) is 4.39 Å². The van der Waals surface area contributed by atoms with Crippen molar-refractivity contribution in [2.45, 2.75) is 57.8 Å². The molecule has 20 heavy (non-hydrogen) atoms. The minimum atomic E-state index is -0.808. The molecule has 0 heterocycles. The van der Waals surface area contributed by atoms with Crippen molar-refractivity contribution in [1.29, 1.82) is 0 Å². The van der Waals surface area contributed by atoms with Gasteiger partial charge in [0.2, 0.25) is 0 Å². The number of benzene rings is 1. The maximum atomic E-state index is 13.0. The zero-order valence-corrected chi connectivity index (χ0v) is 12.3. The largest absolute Gasteiger partial charge is 0.481 e. The second-order valence-corrected chi connectivity index (χ2v) is 6.25. The van der Waals surface area contributed by atoms with E-state index in [0.717, 1.165) is 31.2 Å². The lowest BCUT2D eigenvalue weighted by atomic mass is 9.48. The van der Waals surface area contributed by atoms with E-state index >= 15 is 0 Å². The predicted octanol–water partition coefficient (Wildman–Crippen LogP) is 4.53. The van der Waals surface area contributed by atoms with Gasteiger partial charge in [-0.25, -0.2) is 4.39 Å². The third-order valence-electron chi connectivity index (χ3n) is 4.72. The van der Waals surface area contributed by atoms with Crippen molar-refractivity contribution in [1.82, 2.24) is 0 Å². The zero-order chi connectivity index (χ0) is 14.8. The number of hydrogen-bond donors (Lipinski definition) is 1. The molecule has 1 N–H and O–H groups in total. The summed E-state index contributed by atoms with van der Waals surface area (Å²) in [6.07, 6.45) is 5.69. The maximum Gasteiger partial charge on any atom is 0.314 e. The molecule has 0 aromatic heterocycles. The Balaban J connectivity index is 2.27. The number of halogens is 1. The van der Waals surface area contributed by atoms with Gasteiger partial charge in [0.25, 0.3) is 0 Å². The highest BCUT2D eigenvalue weighted by atomic mass is 19.1. The van der Waals surface area contributed by atoms with Gasteiger partial charge in [0.05, 0.1) is 5.41 Å². The second kappa shape index (κ2) is 5.55. The molecule has 1 aromatic rings. The molecular weight excluding hydrogens is 255 g/mol. The van der Waals surface area contributed by atoms with Crippen LogP contribution in [0.15, 0.2) is 24.3 Å². The van der Waals surface area contributed by atoms with Gasteiger partial charge in [0, 0.05) is 0 Å². The third kappa shape index (κ3) is 2.46. The minimum absolute atomic E-state index is 0.163. The standard InChI is InChI=1S/C17H23FO2/c1-3-9-16(10-4-2)11-17(12-16,15(19)20)13-5-7-14(18)8-6-13/h5-8H,3-4,9-12H2,1-2H3,(H,19,20). The van der Waals surface area contributed by atoms with Crippen LogP contribution in [-0.2, 0) is 10.2 Å². The van der Waals surface area contributed by atoms with Crippen molar-refractivity contribution >= 4 is 5.97 Å². The summed E-state index contributed by atoms with van der Waals surface area (Å²) >= 11 is 0. The molecule has 1 aliphatic carbocycles. The first-order valence-electron chi connectivity index (χ1n) is 7.47. The van der Waals surface area contributed by atoms with Crippen LogP contribution in [0, 0.1) is 11.2 Å². The Kier molecular flexibility index (Phi) is 4.17. The summed E-state index contributed by atoms with van der Waals surface area (Å²) in [6.45, 7) is 4.30. The minimum Gasteiger partial charge on any atom is -0.481 e. The average Bonchev–Trinajstić information content (AvgIpc) is 2.36. The van der Waals surface area contributed by atoms with E-state index in [9.17, 15) is 14.3 Å². The van der Waals surface area contributed by atoms with Crippen LogP contribution in [0.1, 0.15) is 57.9 Å². The SMILES string of the molecule is CCCC1(CCC)CC(C(=O)O)(c2ccc(F)cc2)C1. The lowest BCUT2D eigenvalue weighted by Gasteiger charge is -2.55. The van der Waals surface area contributed by atoms with Crippen LogP contribution in [0.2, 0.25) is 0 Å². The quantitative estimate of drug-likeness (QED) is 0.830. The van der Waals surface area contributed by atoms with Crippen molar-refractivity contribution in [2.24, 2.45) is 5.41 Å². The molecule has 1 aliphatic rings. The molecular formula is C17H23FO2. The Hall–Kier alpha value is -1.38. The summed E-state index contributed by atoms with van der Waals surface area (Å²) < 4.78 is 13.0. The van der Waals surface area contributed by atoms with Crippen LogP contribution in [-0.4, -0.2) is 11.1 Å². The van der Waals surface area contributed by atoms with Gasteiger partial charge in [-0.05, 0) is 48.8 Å². The summed E-state index contributed by atoms with van der Waals surface area (Å²) in [5, 5.41) is 9.68. The highest BCUT2D eigenvalue weighted by Crippen LogP contribution is 2.60. The number of carboxylic acid groups (broad SMARTS) is 1. The molecule has 0 amide bonds. The van der Waals surface area contributed by atoms with Crippen LogP contribution in [0.25, 0.3) is 0 Å². The molecule has 2 nitrogen and oxygen atoms in total. The number of rotatable bonds is 6. The Morgan fingerprint density at radius 1 is 1.15 bits per heavy atom. The van der Waals surface area contributed by atoms with Gasteiger partial charge in [-0.1, -0.05) is 38.8 Å². The lowest BCUT2D eigenvalue weighted by molar-refractivity contribution is -0.155. The van der Waals surface area contributed by atoms with Crippen LogP contribution in [0.5, 0.6) is 0 Å². The first kappa shape index (κ1) is 15.0. The van der Waals surface area contributed by atoms with Crippen molar-refractivity contribution < 1.29 is 14.3 Å². The average molecular weight is 278 g/mol. The summed E-state index contributed by atoms with van der Waals surface area (Å²) in [5.41, 5.74) is 0.100. The number of carbonyl (C=O) groups is 1. The molecule has 1 fully saturated rings. The Labute approximate surface area is 120 Å². The molecule has 0 radical (unpaired) electrons. The van der Waals surface area contributed by atoms with Crippen molar-refractivity contribution in [3.8, 4) is 0 Å². The first-order valence-corrected chi connectivity index (χ1v) is 7.47. The van der Waals surface area contributed by atoms with Gasteiger partial charge in [-0.15, -0.1) is 0 Å². The predicted molar refractivity (Wildman–Crippen MR) is 77.2 cm³/mol. The summed E-state index contributed by atoms with van der Waals surface area (Å²) in [7, 11) is 0. The number of aliphatic carboxylic acids is 1. The summed E-state index contributed by atoms with van der Waals surface area (Å²) in [4.78, 5) is 11.8. The molecule has 1 saturated carbocycles. The van der Waals surface area contributed by atoms with E-state index < -0.39 is 11.4 Å². The fourth-order valence-electron chi connectivity index (χ4n) is 4.02. The van der Waals surface area contributed by atoms with Crippen LogP contribution >= 0.6 is 0 Å². The van der Waals surface area contributed by atoms with E-state index in [4.69, 9.17) is 0 Å². The molecule has 2 rings (SSSR count). The fourth-order valence-corrected chi connectivity index (χ4v) is 4.02. The zero-order valence-electron chi connectivity index (χ0n) is 12.3. The molecule has 0 unspecified atom stereocenters. The topological polar surface area (TPSA) is 37.3 Å². The van der Waals surface area contributed by atoms with Crippen molar-refractivity contribution in [2.75, 3.05) is 0 Å². The first-order chi connectivity index (χ1) is 9.48. The molecule has 110 valence electrons. The van der Waals surface area contributed by atoms with E-state index in [1.165, 1.54) is 12.1 Å². The number of carboxylic acids is 1. The molecule has 0 saturated heterocycles. The molecule has 0 atom stereocenters. The van der Waals surface area contributed by atoms with E-state index in [0.29, 0.717) is 12.8 Å². The summed E-state index contributed by atoms with van der Waals surface area (Å²) in [6, 6.07) is 5.98. The Morgan fingerprint density at radius 3 is 2.05 bits per heavy atom. The van der Waals surface area contributed by atoms with E-state index in [1.807, 2.05) is 0 Å². The molecule has 0 aliphatic heterocycles. The highest BCUT2D eigenvalue weighted by Gasteiger charge is 2.58. The van der Waals surface area contributed by atoms with E-state index in [2.05, 4.69) is 13.8 Å². The van der Waals surface area contributed by atoms with Gasteiger partial charge in [0.1, 0.15) is 5.82 Å². The van der Waals surface area contributed by atoms with Crippen LogP contribution < -0.4 is 0 Å². The third-order valence-corrected chi connectivity index (χ3v) is 4.72. The monoisotopic (exact) mass is 278 g/mol. The Bertz CT molecular complexity index is 464. The van der Waals surface area contributed by atoms with Gasteiger partial charge in [-0.2, -0.15) is 0 Å². The summed E-state index contributed by atoms with van der Waals surface area (Å²) in [5.74, 6) is -1.09. The molecule has 3 heteroatoms.